The van der Waals surface area contributed by atoms with Gasteiger partial charge in [-0.15, -0.1) is 0 Å². The van der Waals surface area contributed by atoms with E-state index in [-0.39, 0.29) is 11.3 Å². The third kappa shape index (κ3) is 3.51. The second kappa shape index (κ2) is 6.26. The summed E-state index contributed by atoms with van der Waals surface area (Å²) in [5.41, 5.74) is 0.855. The molecule has 0 unspecified atom stereocenters. The molecule has 21 heavy (non-hydrogen) atoms. The predicted octanol–water partition coefficient (Wildman–Crippen LogP) is 2.81. The first-order valence-electron chi connectivity index (χ1n) is 6.38. The molecule has 0 bridgehead atoms. The number of carbonyl (C=O) groups excluding carboxylic acids is 1. The van der Waals surface area contributed by atoms with Gasteiger partial charge >= 0.3 is 0 Å². The zero-order valence-corrected chi connectivity index (χ0v) is 11.8. The summed E-state index contributed by atoms with van der Waals surface area (Å²) in [6.45, 7) is 0.346. The predicted molar refractivity (Wildman–Crippen MR) is 76.9 cm³/mol. The number of methoxy groups -OCH3 is 1. The Hall–Kier alpha value is -2.56. The van der Waals surface area contributed by atoms with Crippen molar-refractivity contribution in [2.24, 2.45) is 0 Å². The summed E-state index contributed by atoms with van der Waals surface area (Å²) in [7, 11) is 3.17. The number of halogens is 1. The molecule has 0 aromatic heterocycles. The Morgan fingerprint density at radius 1 is 1.24 bits per heavy atom. The average molecular weight is 289 g/mol. The van der Waals surface area contributed by atoms with E-state index in [4.69, 9.17) is 4.74 Å². The molecule has 0 radical (unpaired) electrons. The highest BCUT2D eigenvalue weighted by Crippen LogP contribution is 2.20. The van der Waals surface area contributed by atoms with Gasteiger partial charge in [-0.25, -0.2) is 4.39 Å². The highest BCUT2D eigenvalue weighted by molar-refractivity contribution is 5.96. The van der Waals surface area contributed by atoms with Crippen molar-refractivity contribution in [3.8, 4) is 11.5 Å². The fraction of sp³-hybridized carbons (Fsp3) is 0.188. The number of amides is 1. The van der Waals surface area contributed by atoms with Crippen LogP contribution < -0.4 is 4.74 Å². The van der Waals surface area contributed by atoms with E-state index in [0.29, 0.717) is 6.54 Å². The molecule has 0 spiro atoms. The van der Waals surface area contributed by atoms with Gasteiger partial charge in [0, 0.05) is 13.6 Å². The number of phenols is 1. The van der Waals surface area contributed by atoms with Crippen molar-refractivity contribution in [3.63, 3.8) is 0 Å². The van der Waals surface area contributed by atoms with Crippen molar-refractivity contribution in [1.29, 1.82) is 0 Å². The SMILES string of the molecule is COc1ccc(CN(C)C(=O)c2cc(F)ccc2O)cc1. The van der Waals surface area contributed by atoms with Gasteiger partial charge in [0.1, 0.15) is 17.3 Å². The Balaban J connectivity index is 2.13. The van der Waals surface area contributed by atoms with E-state index in [1.54, 1.807) is 26.3 Å². The standard InChI is InChI=1S/C16H16FNO3/c1-18(10-11-3-6-13(21-2)7-4-11)16(20)14-9-12(17)5-8-15(14)19/h3-9,19H,10H2,1-2H3. The largest absolute Gasteiger partial charge is 0.507 e. The summed E-state index contributed by atoms with van der Waals surface area (Å²) in [6.07, 6.45) is 0. The molecule has 110 valence electrons. The number of ether oxygens (including phenoxy) is 1. The second-order valence-corrected chi connectivity index (χ2v) is 4.67. The van der Waals surface area contributed by atoms with Crippen molar-refractivity contribution >= 4 is 5.91 Å². The van der Waals surface area contributed by atoms with E-state index in [1.807, 2.05) is 12.1 Å². The molecule has 0 aliphatic carbocycles. The fourth-order valence-corrected chi connectivity index (χ4v) is 1.96. The lowest BCUT2D eigenvalue weighted by atomic mass is 10.1. The molecule has 1 N–H and O–H groups in total. The Bertz CT molecular complexity index is 640. The van der Waals surface area contributed by atoms with Crippen LogP contribution in [0, 0.1) is 5.82 Å². The number of carbonyl (C=O) groups is 1. The molecule has 1 amide bonds. The minimum absolute atomic E-state index is 0.0500. The first-order valence-corrected chi connectivity index (χ1v) is 6.38. The van der Waals surface area contributed by atoms with Crippen LogP contribution >= 0.6 is 0 Å². The highest BCUT2D eigenvalue weighted by atomic mass is 19.1. The normalized spacial score (nSPS) is 10.2. The quantitative estimate of drug-likeness (QED) is 0.941. The van der Waals surface area contributed by atoms with Crippen molar-refractivity contribution in [2.45, 2.75) is 6.54 Å². The number of phenolic OH excluding ortho intramolecular Hbond substituents is 1. The van der Waals surface area contributed by atoms with Gasteiger partial charge in [0.15, 0.2) is 0 Å². The highest BCUT2D eigenvalue weighted by Gasteiger charge is 2.16. The summed E-state index contributed by atoms with van der Waals surface area (Å²) in [4.78, 5) is 13.6. The van der Waals surface area contributed by atoms with Crippen LogP contribution in [-0.2, 0) is 6.54 Å². The molecular formula is C16H16FNO3. The Labute approximate surface area is 122 Å². The maximum atomic E-state index is 13.2. The molecule has 0 heterocycles. The third-order valence-corrected chi connectivity index (χ3v) is 3.11. The van der Waals surface area contributed by atoms with Gasteiger partial charge in [-0.1, -0.05) is 12.1 Å². The Morgan fingerprint density at radius 3 is 2.52 bits per heavy atom. The molecule has 2 rings (SSSR count). The molecule has 0 aliphatic rings. The summed E-state index contributed by atoms with van der Waals surface area (Å²) in [5, 5.41) is 9.66. The molecule has 0 fully saturated rings. The van der Waals surface area contributed by atoms with E-state index in [0.717, 1.165) is 23.4 Å². The molecule has 5 heteroatoms. The van der Waals surface area contributed by atoms with Gasteiger partial charge in [-0.05, 0) is 35.9 Å². The molecule has 2 aromatic carbocycles. The number of hydrogen-bond acceptors (Lipinski definition) is 3. The first kappa shape index (κ1) is 14.8. The molecule has 0 atom stereocenters. The van der Waals surface area contributed by atoms with Crippen LogP contribution in [0.1, 0.15) is 15.9 Å². The summed E-state index contributed by atoms with van der Waals surface area (Å²) >= 11 is 0. The maximum Gasteiger partial charge on any atom is 0.257 e. The van der Waals surface area contributed by atoms with Crippen LogP contribution in [0.15, 0.2) is 42.5 Å². The van der Waals surface area contributed by atoms with Crippen LogP contribution in [0.3, 0.4) is 0 Å². The van der Waals surface area contributed by atoms with E-state index < -0.39 is 11.7 Å². The number of aromatic hydroxyl groups is 1. The lowest BCUT2D eigenvalue weighted by molar-refractivity contribution is 0.0781. The fourth-order valence-electron chi connectivity index (χ4n) is 1.96. The smallest absolute Gasteiger partial charge is 0.257 e. The first-order chi connectivity index (χ1) is 10.0. The lowest BCUT2D eigenvalue weighted by Gasteiger charge is -2.18. The van der Waals surface area contributed by atoms with Crippen molar-refractivity contribution in [1.82, 2.24) is 4.90 Å². The van der Waals surface area contributed by atoms with Crippen LogP contribution in [-0.4, -0.2) is 30.1 Å². The van der Waals surface area contributed by atoms with Gasteiger partial charge in [-0.2, -0.15) is 0 Å². The van der Waals surface area contributed by atoms with E-state index in [2.05, 4.69) is 0 Å². The van der Waals surface area contributed by atoms with Gasteiger partial charge in [0.25, 0.3) is 5.91 Å². The molecular weight excluding hydrogens is 273 g/mol. The van der Waals surface area contributed by atoms with E-state index in [1.165, 1.54) is 11.0 Å². The molecule has 0 saturated carbocycles. The number of rotatable bonds is 4. The van der Waals surface area contributed by atoms with Crippen LogP contribution in [0.4, 0.5) is 4.39 Å². The zero-order valence-electron chi connectivity index (χ0n) is 11.8. The molecule has 4 nitrogen and oxygen atoms in total. The van der Waals surface area contributed by atoms with Crippen molar-refractivity contribution in [3.05, 3.63) is 59.4 Å². The van der Waals surface area contributed by atoms with Crippen LogP contribution in [0.2, 0.25) is 0 Å². The summed E-state index contributed by atoms with van der Waals surface area (Å²) in [5.74, 6) is -0.504. The average Bonchev–Trinajstić information content (AvgIpc) is 2.49. The summed E-state index contributed by atoms with van der Waals surface area (Å²) < 4.78 is 18.3. The summed E-state index contributed by atoms with van der Waals surface area (Å²) in [6, 6.07) is 10.6. The van der Waals surface area contributed by atoms with E-state index >= 15 is 0 Å². The lowest BCUT2D eigenvalue weighted by Crippen LogP contribution is -2.26. The van der Waals surface area contributed by atoms with E-state index in [9.17, 15) is 14.3 Å². The molecule has 0 saturated heterocycles. The molecule has 2 aromatic rings. The topological polar surface area (TPSA) is 49.8 Å². The van der Waals surface area contributed by atoms with Gasteiger partial charge in [-0.3, -0.25) is 4.79 Å². The van der Waals surface area contributed by atoms with Crippen LogP contribution in [0.25, 0.3) is 0 Å². The van der Waals surface area contributed by atoms with Gasteiger partial charge < -0.3 is 14.7 Å². The minimum atomic E-state index is -0.561. The van der Waals surface area contributed by atoms with Gasteiger partial charge in [0.2, 0.25) is 0 Å². The second-order valence-electron chi connectivity index (χ2n) is 4.67. The Kier molecular flexibility index (Phi) is 4.42. The van der Waals surface area contributed by atoms with Crippen molar-refractivity contribution in [2.75, 3.05) is 14.2 Å². The van der Waals surface area contributed by atoms with Crippen molar-refractivity contribution < 1.29 is 19.0 Å². The number of nitrogens with zero attached hydrogens (tertiary/aromatic N) is 1. The number of benzene rings is 2. The van der Waals surface area contributed by atoms with Gasteiger partial charge in [0.05, 0.1) is 12.7 Å². The van der Waals surface area contributed by atoms with Crippen LogP contribution in [0.5, 0.6) is 11.5 Å². The minimum Gasteiger partial charge on any atom is -0.507 e. The maximum absolute atomic E-state index is 13.2. The zero-order chi connectivity index (χ0) is 15.4. The monoisotopic (exact) mass is 289 g/mol. The Morgan fingerprint density at radius 2 is 1.90 bits per heavy atom. The third-order valence-electron chi connectivity index (χ3n) is 3.11. The number of hydrogen-bond donors (Lipinski definition) is 1. The molecule has 0 aliphatic heterocycles.